The number of β-amino-alcohol motifs (C(OH)–C–C–N with tert-alkyl or cyclic N) is 1. The maximum absolute atomic E-state index is 13.4. The van der Waals surface area contributed by atoms with E-state index in [1.165, 1.54) is 29.8 Å². The number of ether oxygens (including phenoxy) is 1. The van der Waals surface area contributed by atoms with Gasteiger partial charge in [-0.2, -0.15) is 0 Å². The number of nitrogens with zero attached hydrogens (tertiary/aromatic N) is 1. The molecule has 0 radical (unpaired) electrons. The molecule has 3 aromatic carbocycles. The highest BCUT2D eigenvalue weighted by Gasteiger charge is 2.22. The molecule has 186 valence electrons. The van der Waals surface area contributed by atoms with E-state index in [-0.39, 0.29) is 23.8 Å². The van der Waals surface area contributed by atoms with E-state index in [1.54, 1.807) is 24.3 Å². The van der Waals surface area contributed by atoms with Gasteiger partial charge in [-0.15, -0.1) is 0 Å². The van der Waals surface area contributed by atoms with Crippen LogP contribution in [0.15, 0.2) is 78.9 Å². The van der Waals surface area contributed by atoms with Gasteiger partial charge in [0.1, 0.15) is 17.7 Å². The van der Waals surface area contributed by atoms with Crippen LogP contribution in [0.1, 0.15) is 48.5 Å². The molecule has 0 bridgehead atoms. The van der Waals surface area contributed by atoms with E-state index in [0.717, 1.165) is 62.9 Å². The number of aryl methyl sites for hydroxylation is 1. The molecule has 0 aliphatic carbocycles. The van der Waals surface area contributed by atoms with Gasteiger partial charge >= 0.3 is 0 Å². The van der Waals surface area contributed by atoms with E-state index in [1.807, 2.05) is 18.2 Å². The van der Waals surface area contributed by atoms with Crippen molar-refractivity contribution in [2.75, 3.05) is 26.2 Å². The lowest BCUT2D eigenvalue weighted by atomic mass is 9.93. The standard InChI is InChI=1S/C30H35F2NO2/c31-27-11-7-25(8-12-27)30(26-9-13-28(32)14-10-26)35-21-18-24-16-19-33(20-17-24)22-29(34)15-6-23-4-2-1-3-5-23/h1-5,7-14,24,29-30,34H,6,15-22H2/t29-/m0/s1. The predicted molar refractivity (Wildman–Crippen MR) is 135 cm³/mol. The van der Waals surface area contributed by atoms with Crippen molar-refractivity contribution in [1.29, 1.82) is 0 Å². The third-order valence-electron chi connectivity index (χ3n) is 6.94. The summed E-state index contributed by atoms with van der Waals surface area (Å²) in [5, 5.41) is 10.5. The molecule has 1 atom stereocenters. The highest BCUT2D eigenvalue weighted by molar-refractivity contribution is 5.30. The number of piperidine rings is 1. The average Bonchev–Trinajstić information content (AvgIpc) is 2.88. The zero-order chi connectivity index (χ0) is 24.5. The van der Waals surface area contributed by atoms with Gasteiger partial charge in [0.25, 0.3) is 0 Å². The molecule has 1 N–H and O–H groups in total. The fourth-order valence-corrected chi connectivity index (χ4v) is 4.84. The Morgan fingerprint density at radius 2 is 1.40 bits per heavy atom. The van der Waals surface area contributed by atoms with Crippen LogP contribution in [0.25, 0.3) is 0 Å². The number of aliphatic hydroxyl groups is 1. The smallest absolute Gasteiger partial charge is 0.123 e. The van der Waals surface area contributed by atoms with E-state index in [2.05, 4.69) is 17.0 Å². The average molecular weight is 480 g/mol. The summed E-state index contributed by atoms with van der Waals surface area (Å²) in [6.07, 6.45) is 4.16. The van der Waals surface area contributed by atoms with Crippen molar-refractivity contribution in [3.63, 3.8) is 0 Å². The van der Waals surface area contributed by atoms with Crippen molar-refractivity contribution in [2.45, 2.75) is 44.3 Å². The van der Waals surface area contributed by atoms with Gasteiger partial charge in [-0.1, -0.05) is 54.6 Å². The molecule has 35 heavy (non-hydrogen) atoms. The van der Waals surface area contributed by atoms with Gasteiger partial charge in [0.05, 0.1) is 6.10 Å². The number of benzene rings is 3. The normalized spacial score (nSPS) is 16.0. The van der Waals surface area contributed by atoms with Gasteiger partial charge in [-0.3, -0.25) is 0 Å². The molecular formula is C30H35F2NO2. The molecule has 3 aromatic rings. The van der Waals surface area contributed by atoms with Crippen molar-refractivity contribution in [2.24, 2.45) is 5.92 Å². The molecule has 0 spiro atoms. The van der Waals surface area contributed by atoms with E-state index in [0.29, 0.717) is 12.5 Å². The number of aliphatic hydroxyl groups excluding tert-OH is 1. The molecule has 4 rings (SSSR count). The number of hydrogen-bond acceptors (Lipinski definition) is 3. The molecular weight excluding hydrogens is 444 g/mol. The second-order valence-corrected chi connectivity index (χ2v) is 9.56. The lowest BCUT2D eigenvalue weighted by Gasteiger charge is -2.33. The third-order valence-corrected chi connectivity index (χ3v) is 6.94. The van der Waals surface area contributed by atoms with Gasteiger partial charge in [0.15, 0.2) is 0 Å². The van der Waals surface area contributed by atoms with Gasteiger partial charge in [0, 0.05) is 13.2 Å². The van der Waals surface area contributed by atoms with Crippen molar-refractivity contribution >= 4 is 0 Å². The number of rotatable bonds is 11. The summed E-state index contributed by atoms with van der Waals surface area (Å²) in [7, 11) is 0. The maximum Gasteiger partial charge on any atom is 0.123 e. The topological polar surface area (TPSA) is 32.7 Å². The Morgan fingerprint density at radius 1 is 0.829 bits per heavy atom. The van der Waals surface area contributed by atoms with E-state index in [4.69, 9.17) is 4.74 Å². The molecule has 3 nitrogen and oxygen atoms in total. The van der Waals surface area contributed by atoms with Gasteiger partial charge < -0.3 is 14.7 Å². The van der Waals surface area contributed by atoms with Gasteiger partial charge in [-0.05, 0) is 92.1 Å². The first-order valence-electron chi connectivity index (χ1n) is 12.6. The molecule has 1 aliphatic rings. The Balaban J connectivity index is 1.21. The third kappa shape index (κ3) is 7.96. The molecule has 1 fully saturated rings. The van der Waals surface area contributed by atoms with Gasteiger partial charge in [0.2, 0.25) is 0 Å². The molecule has 1 saturated heterocycles. The highest BCUT2D eigenvalue weighted by atomic mass is 19.1. The van der Waals surface area contributed by atoms with Crippen LogP contribution >= 0.6 is 0 Å². The summed E-state index contributed by atoms with van der Waals surface area (Å²) in [6, 6.07) is 22.9. The molecule has 0 saturated carbocycles. The lowest BCUT2D eigenvalue weighted by molar-refractivity contribution is 0.0512. The second kappa shape index (κ2) is 12.9. The Bertz CT molecular complexity index is 957. The Hall–Kier alpha value is -2.60. The SMILES string of the molecule is O[C@@H](CCc1ccccc1)CN1CCC(CCOC(c2ccc(F)cc2)c2ccc(F)cc2)CC1. The van der Waals surface area contributed by atoms with Crippen LogP contribution in [0.4, 0.5) is 8.78 Å². The lowest BCUT2D eigenvalue weighted by Crippen LogP contribution is -2.39. The number of halogens is 2. The number of hydrogen-bond donors (Lipinski definition) is 1. The molecule has 1 heterocycles. The van der Waals surface area contributed by atoms with Crippen LogP contribution in [0.2, 0.25) is 0 Å². The van der Waals surface area contributed by atoms with Crippen molar-refractivity contribution in [3.05, 3.63) is 107 Å². The van der Waals surface area contributed by atoms with E-state index >= 15 is 0 Å². The van der Waals surface area contributed by atoms with Gasteiger partial charge in [-0.25, -0.2) is 8.78 Å². The first-order valence-corrected chi connectivity index (χ1v) is 12.6. The van der Waals surface area contributed by atoms with Crippen molar-refractivity contribution in [1.82, 2.24) is 4.90 Å². The largest absolute Gasteiger partial charge is 0.392 e. The molecule has 0 unspecified atom stereocenters. The summed E-state index contributed by atoms with van der Waals surface area (Å²) >= 11 is 0. The van der Waals surface area contributed by atoms with Crippen LogP contribution in [0.3, 0.4) is 0 Å². The first-order chi connectivity index (χ1) is 17.1. The van der Waals surface area contributed by atoms with Crippen LogP contribution in [0, 0.1) is 17.6 Å². The highest BCUT2D eigenvalue weighted by Crippen LogP contribution is 2.28. The van der Waals surface area contributed by atoms with Crippen LogP contribution in [-0.2, 0) is 11.2 Å². The Labute approximate surface area is 207 Å². The molecule has 0 aromatic heterocycles. The van der Waals surface area contributed by atoms with Crippen LogP contribution in [0.5, 0.6) is 0 Å². The fourth-order valence-electron chi connectivity index (χ4n) is 4.84. The maximum atomic E-state index is 13.4. The Kier molecular flexibility index (Phi) is 9.41. The quantitative estimate of drug-likeness (QED) is 0.357. The zero-order valence-electron chi connectivity index (χ0n) is 20.2. The van der Waals surface area contributed by atoms with Crippen LogP contribution in [-0.4, -0.2) is 42.4 Å². The van der Waals surface area contributed by atoms with Crippen molar-refractivity contribution in [3.8, 4) is 0 Å². The summed E-state index contributed by atoms with van der Waals surface area (Å²) in [5.74, 6) is 0.00176. The summed E-state index contributed by atoms with van der Waals surface area (Å²) in [6.45, 7) is 3.30. The van der Waals surface area contributed by atoms with Crippen molar-refractivity contribution < 1.29 is 18.6 Å². The minimum atomic E-state index is -0.351. The van der Waals surface area contributed by atoms with Crippen LogP contribution < -0.4 is 0 Å². The summed E-state index contributed by atoms with van der Waals surface area (Å²) < 4.78 is 33.1. The monoisotopic (exact) mass is 479 g/mol. The Morgan fingerprint density at radius 3 is 1.97 bits per heavy atom. The predicted octanol–water partition coefficient (Wildman–Crippen LogP) is 6.17. The zero-order valence-corrected chi connectivity index (χ0v) is 20.2. The molecule has 5 heteroatoms. The first kappa shape index (κ1) is 25.5. The molecule has 0 amide bonds. The minimum Gasteiger partial charge on any atom is -0.392 e. The molecule has 1 aliphatic heterocycles. The van der Waals surface area contributed by atoms with E-state index in [9.17, 15) is 13.9 Å². The van der Waals surface area contributed by atoms with E-state index < -0.39 is 0 Å². The fraction of sp³-hybridized carbons (Fsp3) is 0.400. The number of likely N-dealkylation sites (tertiary alicyclic amines) is 1. The minimum absolute atomic E-state index is 0.288. The second-order valence-electron chi connectivity index (χ2n) is 9.56. The summed E-state index contributed by atoms with van der Waals surface area (Å²) in [4.78, 5) is 2.37. The summed E-state index contributed by atoms with van der Waals surface area (Å²) in [5.41, 5.74) is 2.99.